The summed E-state index contributed by atoms with van der Waals surface area (Å²) in [5.74, 6) is -0.916. The van der Waals surface area contributed by atoms with E-state index >= 15 is 0 Å². The minimum absolute atomic E-state index is 0.0469. The number of ether oxygens (including phenoxy) is 1. The third kappa shape index (κ3) is 4.45. The molecule has 4 nitrogen and oxygen atoms in total. The molecule has 0 unspecified atom stereocenters. The van der Waals surface area contributed by atoms with Gasteiger partial charge in [0, 0.05) is 14.1 Å². The Bertz CT molecular complexity index is 277. The molecule has 0 fully saturated rings. The van der Waals surface area contributed by atoms with Gasteiger partial charge in [-0.3, -0.25) is 4.79 Å². The Labute approximate surface area is 83.8 Å². The second-order valence-corrected chi connectivity index (χ2v) is 2.93. The van der Waals surface area contributed by atoms with E-state index in [1.807, 2.05) is 14.1 Å². The molecule has 0 aromatic carbocycles. The first kappa shape index (κ1) is 12.4. The molecule has 14 heavy (non-hydrogen) atoms. The smallest absolute Gasteiger partial charge is 0.341 e. The fraction of sp³-hybridized carbons (Fsp3) is 0.400. The zero-order valence-electron chi connectivity index (χ0n) is 8.90. The molecule has 0 saturated carbocycles. The summed E-state index contributed by atoms with van der Waals surface area (Å²) in [4.78, 5) is 23.9. The topological polar surface area (TPSA) is 46.6 Å². The van der Waals surface area contributed by atoms with Crippen molar-refractivity contribution in [3.05, 3.63) is 23.9 Å². The Morgan fingerprint density at radius 2 is 1.86 bits per heavy atom. The van der Waals surface area contributed by atoms with Crippen LogP contribution in [0.15, 0.2) is 23.9 Å². The number of rotatable bonds is 4. The van der Waals surface area contributed by atoms with Crippen molar-refractivity contribution in [2.24, 2.45) is 0 Å². The van der Waals surface area contributed by atoms with Crippen molar-refractivity contribution in [3.8, 4) is 0 Å². The lowest BCUT2D eigenvalue weighted by Gasteiger charge is -2.02. The van der Waals surface area contributed by atoms with E-state index in [0.717, 1.165) is 0 Å². The van der Waals surface area contributed by atoms with E-state index in [1.54, 1.807) is 17.2 Å². The molecule has 4 heteroatoms. The molecule has 0 bridgehead atoms. The van der Waals surface area contributed by atoms with Crippen LogP contribution in [0.25, 0.3) is 0 Å². The Balaban J connectivity index is 4.66. The predicted octanol–water partition coefficient (Wildman–Crippen LogP) is 0.750. The molecule has 0 N–H and O–H groups in total. The number of hydrogen-bond donors (Lipinski definition) is 0. The first-order valence-electron chi connectivity index (χ1n) is 4.13. The van der Waals surface area contributed by atoms with Crippen LogP contribution in [0.5, 0.6) is 0 Å². The highest BCUT2D eigenvalue weighted by Gasteiger charge is 2.12. The first-order valence-corrected chi connectivity index (χ1v) is 4.13. The Kier molecular flexibility index (Phi) is 5.29. The third-order valence-corrected chi connectivity index (χ3v) is 1.43. The normalized spacial score (nSPS) is 11.6. The molecular formula is C10H15NO3. The van der Waals surface area contributed by atoms with Crippen LogP contribution >= 0.6 is 0 Å². The molecule has 0 rings (SSSR count). The van der Waals surface area contributed by atoms with Crippen LogP contribution in [0.1, 0.15) is 6.92 Å². The summed E-state index contributed by atoms with van der Waals surface area (Å²) < 4.78 is 4.46. The third-order valence-electron chi connectivity index (χ3n) is 1.43. The summed E-state index contributed by atoms with van der Waals surface area (Å²) in [5.41, 5.74) is 0.0469. The van der Waals surface area contributed by atoms with E-state index in [1.165, 1.54) is 20.1 Å². The van der Waals surface area contributed by atoms with Gasteiger partial charge in [-0.15, -0.1) is 0 Å². The largest absolute Gasteiger partial charge is 0.465 e. The molecule has 78 valence electrons. The van der Waals surface area contributed by atoms with Crippen molar-refractivity contribution >= 4 is 11.8 Å². The maximum absolute atomic E-state index is 11.1. The van der Waals surface area contributed by atoms with E-state index in [9.17, 15) is 9.59 Å². The second kappa shape index (κ2) is 5.96. The number of hydrogen-bond acceptors (Lipinski definition) is 4. The lowest BCUT2D eigenvalue weighted by atomic mass is 10.2. The zero-order valence-corrected chi connectivity index (χ0v) is 8.90. The standard InChI is InChI=1S/C10H15NO3/c1-8(12)9(10(13)14-4)6-5-7-11(2)3/h5-7H,1-4H3. The minimum Gasteiger partial charge on any atom is -0.465 e. The number of esters is 1. The van der Waals surface area contributed by atoms with Gasteiger partial charge in [0.05, 0.1) is 7.11 Å². The summed E-state index contributed by atoms with van der Waals surface area (Å²) in [6, 6.07) is 0. The highest BCUT2D eigenvalue weighted by molar-refractivity contribution is 6.16. The number of Topliss-reactive ketones (excluding diaryl/α,β-unsaturated/α-hetero) is 1. The van der Waals surface area contributed by atoms with Crippen LogP contribution in [-0.4, -0.2) is 37.9 Å². The average Bonchev–Trinajstić information content (AvgIpc) is 2.10. The number of nitrogens with zero attached hydrogens (tertiary/aromatic N) is 1. The summed E-state index contributed by atoms with van der Waals surface area (Å²) in [5, 5.41) is 0. The van der Waals surface area contributed by atoms with Gasteiger partial charge in [-0.05, 0) is 25.3 Å². The van der Waals surface area contributed by atoms with Gasteiger partial charge in [-0.25, -0.2) is 4.79 Å². The fourth-order valence-electron chi connectivity index (χ4n) is 0.750. The van der Waals surface area contributed by atoms with Crippen LogP contribution in [0, 0.1) is 0 Å². The summed E-state index contributed by atoms with van der Waals surface area (Å²) >= 11 is 0. The molecule has 0 aliphatic heterocycles. The minimum atomic E-state index is -0.610. The summed E-state index contributed by atoms with van der Waals surface area (Å²) in [7, 11) is 4.93. The van der Waals surface area contributed by atoms with Gasteiger partial charge >= 0.3 is 5.97 Å². The maximum atomic E-state index is 11.1. The van der Waals surface area contributed by atoms with E-state index < -0.39 is 5.97 Å². The molecule has 0 aliphatic carbocycles. The lowest BCUT2D eigenvalue weighted by Crippen LogP contribution is -2.11. The van der Waals surface area contributed by atoms with Crippen molar-refractivity contribution in [1.29, 1.82) is 0 Å². The fourth-order valence-corrected chi connectivity index (χ4v) is 0.750. The zero-order chi connectivity index (χ0) is 11.1. The van der Waals surface area contributed by atoms with Crippen molar-refractivity contribution in [2.75, 3.05) is 21.2 Å². The Morgan fingerprint density at radius 1 is 1.29 bits per heavy atom. The highest BCUT2D eigenvalue weighted by atomic mass is 16.5. The Morgan fingerprint density at radius 3 is 2.21 bits per heavy atom. The van der Waals surface area contributed by atoms with Gasteiger partial charge in [-0.2, -0.15) is 0 Å². The number of methoxy groups -OCH3 is 1. The molecule has 0 aliphatic rings. The molecule has 0 saturated heterocycles. The van der Waals surface area contributed by atoms with Crippen molar-refractivity contribution in [1.82, 2.24) is 4.90 Å². The van der Waals surface area contributed by atoms with Gasteiger partial charge in [0.15, 0.2) is 5.78 Å². The molecular weight excluding hydrogens is 182 g/mol. The Hall–Kier alpha value is -1.58. The van der Waals surface area contributed by atoms with Crippen molar-refractivity contribution in [3.63, 3.8) is 0 Å². The van der Waals surface area contributed by atoms with E-state index in [-0.39, 0.29) is 11.4 Å². The number of allylic oxidation sites excluding steroid dienone is 2. The molecule has 0 radical (unpaired) electrons. The van der Waals surface area contributed by atoms with E-state index in [0.29, 0.717) is 0 Å². The average molecular weight is 197 g/mol. The molecule has 0 heterocycles. The molecule has 0 aromatic rings. The molecule has 0 aromatic heterocycles. The van der Waals surface area contributed by atoms with Crippen LogP contribution < -0.4 is 0 Å². The van der Waals surface area contributed by atoms with Gasteiger partial charge in [0.1, 0.15) is 5.57 Å². The second-order valence-electron chi connectivity index (χ2n) is 2.93. The molecule has 0 atom stereocenters. The SMILES string of the molecule is COC(=O)C(=CC=CN(C)C)C(C)=O. The van der Waals surface area contributed by atoms with Gasteiger partial charge in [0.25, 0.3) is 0 Å². The predicted molar refractivity (Wildman–Crippen MR) is 53.6 cm³/mol. The number of carbonyl (C=O) groups excluding carboxylic acids is 2. The van der Waals surface area contributed by atoms with Crippen molar-refractivity contribution < 1.29 is 14.3 Å². The lowest BCUT2D eigenvalue weighted by molar-refractivity contribution is -0.137. The first-order chi connectivity index (χ1) is 6.49. The number of ketones is 1. The summed E-state index contributed by atoms with van der Waals surface area (Å²) in [6.07, 6.45) is 4.79. The summed E-state index contributed by atoms with van der Waals surface area (Å²) in [6.45, 7) is 1.33. The van der Waals surface area contributed by atoms with Crippen LogP contribution in [0.2, 0.25) is 0 Å². The van der Waals surface area contributed by atoms with Gasteiger partial charge < -0.3 is 9.64 Å². The highest BCUT2D eigenvalue weighted by Crippen LogP contribution is 1.99. The van der Waals surface area contributed by atoms with Crippen LogP contribution in [0.3, 0.4) is 0 Å². The van der Waals surface area contributed by atoms with Gasteiger partial charge in [0.2, 0.25) is 0 Å². The van der Waals surface area contributed by atoms with E-state index in [2.05, 4.69) is 4.74 Å². The van der Waals surface area contributed by atoms with Gasteiger partial charge in [-0.1, -0.05) is 0 Å². The number of carbonyl (C=O) groups is 2. The van der Waals surface area contributed by atoms with Crippen molar-refractivity contribution in [2.45, 2.75) is 6.92 Å². The molecule has 0 amide bonds. The van der Waals surface area contributed by atoms with Crippen LogP contribution in [0.4, 0.5) is 0 Å². The molecule has 0 spiro atoms. The quantitative estimate of drug-likeness (QED) is 0.219. The monoisotopic (exact) mass is 197 g/mol. The maximum Gasteiger partial charge on any atom is 0.341 e. The van der Waals surface area contributed by atoms with E-state index in [4.69, 9.17) is 0 Å². The van der Waals surface area contributed by atoms with Crippen LogP contribution in [-0.2, 0) is 14.3 Å².